The van der Waals surface area contributed by atoms with Crippen LogP contribution < -0.4 is 5.73 Å². The lowest BCUT2D eigenvalue weighted by atomic mass is 10.4. The number of hydrogen-bond donors (Lipinski definition) is 1. The number of rotatable bonds is 3. The van der Waals surface area contributed by atoms with Crippen molar-refractivity contribution in [3.63, 3.8) is 0 Å². The SMILES string of the molecule is NC(=S)SCCC(=O)N1CCCC1. The molecule has 1 aliphatic rings. The number of carbonyl (C=O) groups excluding carboxylic acids is 1. The summed E-state index contributed by atoms with van der Waals surface area (Å²) in [6.07, 6.45) is 2.85. The Morgan fingerprint density at radius 1 is 1.46 bits per heavy atom. The minimum atomic E-state index is 0.237. The number of hydrogen-bond acceptors (Lipinski definition) is 3. The van der Waals surface area contributed by atoms with E-state index in [0.29, 0.717) is 16.5 Å². The van der Waals surface area contributed by atoms with Crippen molar-refractivity contribution < 1.29 is 4.79 Å². The number of likely N-dealkylation sites (tertiary alicyclic amines) is 1. The van der Waals surface area contributed by atoms with E-state index in [0.717, 1.165) is 25.9 Å². The van der Waals surface area contributed by atoms with Gasteiger partial charge in [-0.05, 0) is 12.8 Å². The average molecular weight is 218 g/mol. The van der Waals surface area contributed by atoms with Gasteiger partial charge in [0.05, 0.1) is 0 Å². The van der Waals surface area contributed by atoms with E-state index >= 15 is 0 Å². The Bertz CT molecular complexity index is 202. The number of amides is 1. The molecular weight excluding hydrogens is 204 g/mol. The highest BCUT2D eigenvalue weighted by molar-refractivity contribution is 8.22. The summed E-state index contributed by atoms with van der Waals surface area (Å²) in [6, 6.07) is 0. The molecule has 1 fully saturated rings. The fourth-order valence-electron chi connectivity index (χ4n) is 1.36. The standard InChI is InChI=1S/C8H14N2OS2/c9-8(12)13-6-3-7(11)10-4-1-2-5-10/h1-6H2,(H2,9,12). The van der Waals surface area contributed by atoms with Crippen LogP contribution in [0.1, 0.15) is 19.3 Å². The predicted molar refractivity (Wildman–Crippen MR) is 59.7 cm³/mol. The van der Waals surface area contributed by atoms with Crippen LogP contribution in [-0.2, 0) is 4.79 Å². The lowest BCUT2D eigenvalue weighted by Gasteiger charge is -2.14. The third-order valence-electron chi connectivity index (χ3n) is 2.02. The molecule has 5 heteroatoms. The second-order valence-corrected chi connectivity index (χ2v) is 4.84. The zero-order chi connectivity index (χ0) is 9.68. The van der Waals surface area contributed by atoms with Crippen molar-refractivity contribution in [2.24, 2.45) is 5.73 Å². The molecule has 13 heavy (non-hydrogen) atoms. The summed E-state index contributed by atoms with van der Waals surface area (Å²) < 4.78 is 0.425. The van der Waals surface area contributed by atoms with Gasteiger partial charge in [0.25, 0.3) is 0 Å². The molecule has 0 aromatic rings. The molecule has 0 spiro atoms. The Hall–Kier alpha value is -0.290. The highest BCUT2D eigenvalue weighted by atomic mass is 32.2. The second kappa shape index (κ2) is 5.44. The molecule has 0 saturated carbocycles. The first kappa shape index (κ1) is 10.8. The maximum atomic E-state index is 11.5. The molecular formula is C8H14N2OS2. The molecule has 0 radical (unpaired) electrons. The van der Waals surface area contributed by atoms with Crippen LogP contribution in [0.4, 0.5) is 0 Å². The summed E-state index contributed by atoms with van der Waals surface area (Å²) >= 11 is 6.08. The Morgan fingerprint density at radius 3 is 2.62 bits per heavy atom. The molecule has 1 aliphatic heterocycles. The van der Waals surface area contributed by atoms with Crippen LogP contribution in [0.25, 0.3) is 0 Å². The van der Waals surface area contributed by atoms with Crippen LogP contribution in [0.15, 0.2) is 0 Å². The number of nitrogens with two attached hydrogens (primary N) is 1. The molecule has 1 amide bonds. The Labute approximate surface area is 88.0 Å². The van der Waals surface area contributed by atoms with Gasteiger partial charge in [-0.15, -0.1) is 0 Å². The van der Waals surface area contributed by atoms with E-state index in [9.17, 15) is 4.79 Å². The van der Waals surface area contributed by atoms with Gasteiger partial charge in [0.2, 0.25) is 5.91 Å². The maximum Gasteiger partial charge on any atom is 0.223 e. The zero-order valence-electron chi connectivity index (χ0n) is 7.49. The number of nitrogens with zero attached hydrogens (tertiary/aromatic N) is 1. The van der Waals surface area contributed by atoms with Crippen molar-refractivity contribution in [3.05, 3.63) is 0 Å². The molecule has 2 N–H and O–H groups in total. The smallest absolute Gasteiger partial charge is 0.223 e. The van der Waals surface area contributed by atoms with Gasteiger partial charge >= 0.3 is 0 Å². The summed E-state index contributed by atoms with van der Waals surface area (Å²) in [6.45, 7) is 1.85. The van der Waals surface area contributed by atoms with Crippen molar-refractivity contribution >= 4 is 34.2 Å². The summed E-state index contributed by atoms with van der Waals surface area (Å²) in [5.41, 5.74) is 5.30. The first-order valence-corrected chi connectivity index (χ1v) is 5.79. The lowest BCUT2D eigenvalue weighted by Crippen LogP contribution is -2.27. The molecule has 1 saturated heterocycles. The van der Waals surface area contributed by atoms with Gasteiger partial charge in [-0.25, -0.2) is 0 Å². The maximum absolute atomic E-state index is 11.5. The van der Waals surface area contributed by atoms with Crippen molar-refractivity contribution in [1.29, 1.82) is 0 Å². The third-order valence-corrected chi connectivity index (χ3v) is 3.07. The van der Waals surface area contributed by atoms with Gasteiger partial charge in [0.15, 0.2) is 0 Å². The minimum Gasteiger partial charge on any atom is -0.385 e. The average Bonchev–Trinajstić information content (AvgIpc) is 2.55. The fourth-order valence-corrected chi connectivity index (χ4v) is 2.09. The number of carbonyl (C=O) groups is 1. The molecule has 1 heterocycles. The number of thioether (sulfide) groups is 1. The molecule has 0 atom stereocenters. The zero-order valence-corrected chi connectivity index (χ0v) is 9.12. The van der Waals surface area contributed by atoms with Crippen LogP contribution in [-0.4, -0.2) is 34.0 Å². The largest absolute Gasteiger partial charge is 0.385 e. The van der Waals surface area contributed by atoms with E-state index in [2.05, 4.69) is 0 Å². The van der Waals surface area contributed by atoms with Crippen molar-refractivity contribution in [2.75, 3.05) is 18.8 Å². The quantitative estimate of drug-likeness (QED) is 0.717. The second-order valence-electron chi connectivity index (χ2n) is 3.01. The van der Waals surface area contributed by atoms with E-state index in [4.69, 9.17) is 18.0 Å². The van der Waals surface area contributed by atoms with Gasteiger partial charge in [-0.2, -0.15) is 0 Å². The van der Waals surface area contributed by atoms with Gasteiger partial charge in [0.1, 0.15) is 4.32 Å². The Balaban J connectivity index is 2.13. The molecule has 0 unspecified atom stereocenters. The van der Waals surface area contributed by atoms with Crippen LogP contribution >= 0.6 is 24.0 Å². The molecule has 0 aromatic carbocycles. The van der Waals surface area contributed by atoms with E-state index in [-0.39, 0.29) is 5.91 Å². The lowest BCUT2D eigenvalue weighted by molar-refractivity contribution is -0.129. The first-order chi connectivity index (χ1) is 6.20. The molecule has 74 valence electrons. The summed E-state index contributed by atoms with van der Waals surface area (Å²) in [5.74, 6) is 0.950. The van der Waals surface area contributed by atoms with E-state index in [1.165, 1.54) is 11.8 Å². The summed E-state index contributed by atoms with van der Waals surface area (Å²) in [5, 5.41) is 0. The summed E-state index contributed by atoms with van der Waals surface area (Å²) in [7, 11) is 0. The van der Waals surface area contributed by atoms with Crippen molar-refractivity contribution in [1.82, 2.24) is 4.90 Å². The van der Waals surface area contributed by atoms with Crippen molar-refractivity contribution in [2.45, 2.75) is 19.3 Å². The van der Waals surface area contributed by atoms with Crippen LogP contribution in [0.5, 0.6) is 0 Å². The van der Waals surface area contributed by atoms with Crippen molar-refractivity contribution in [3.8, 4) is 0 Å². The monoisotopic (exact) mass is 218 g/mol. The fraction of sp³-hybridized carbons (Fsp3) is 0.750. The normalized spacial score (nSPS) is 16.2. The van der Waals surface area contributed by atoms with E-state index in [1.807, 2.05) is 4.90 Å². The summed E-state index contributed by atoms with van der Waals surface area (Å²) in [4.78, 5) is 13.4. The van der Waals surface area contributed by atoms with Gasteiger partial charge in [-0.3, -0.25) is 4.79 Å². The van der Waals surface area contributed by atoms with Crippen LogP contribution in [0.2, 0.25) is 0 Å². The first-order valence-electron chi connectivity index (χ1n) is 4.40. The molecule has 0 aromatic heterocycles. The van der Waals surface area contributed by atoms with Crippen LogP contribution in [0, 0.1) is 0 Å². The Morgan fingerprint density at radius 2 is 2.08 bits per heavy atom. The third kappa shape index (κ3) is 3.95. The van der Waals surface area contributed by atoms with Gasteiger partial charge in [-0.1, -0.05) is 24.0 Å². The minimum absolute atomic E-state index is 0.237. The van der Waals surface area contributed by atoms with E-state index < -0.39 is 0 Å². The molecule has 0 aliphatic carbocycles. The predicted octanol–water partition coefficient (Wildman–Crippen LogP) is 0.976. The number of thiocarbonyl (C=S) groups is 1. The highest BCUT2D eigenvalue weighted by Crippen LogP contribution is 2.10. The molecule has 0 bridgehead atoms. The van der Waals surface area contributed by atoms with E-state index in [1.54, 1.807) is 0 Å². The highest BCUT2D eigenvalue weighted by Gasteiger charge is 2.16. The van der Waals surface area contributed by atoms with Crippen LogP contribution in [0.3, 0.4) is 0 Å². The van der Waals surface area contributed by atoms with Gasteiger partial charge in [0, 0.05) is 25.3 Å². The molecule has 1 rings (SSSR count). The topological polar surface area (TPSA) is 46.3 Å². The Kier molecular flexibility index (Phi) is 4.52. The van der Waals surface area contributed by atoms with Gasteiger partial charge < -0.3 is 10.6 Å². The molecule has 3 nitrogen and oxygen atoms in total.